The average Bonchev–Trinajstić information content (AvgIpc) is 2.13. The molecule has 0 aliphatic heterocycles. The van der Waals surface area contributed by atoms with Gasteiger partial charge in [-0.2, -0.15) is 0 Å². The van der Waals surface area contributed by atoms with Crippen LogP contribution in [0.2, 0.25) is 0 Å². The summed E-state index contributed by atoms with van der Waals surface area (Å²) in [6.45, 7) is 3.70. The lowest BCUT2D eigenvalue weighted by atomic mass is 9.98. The number of alkyl halides is 2. The molecule has 2 nitrogen and oxygen atoms in total. The van der Waals surface area contributed by atoms with Crippen LogP contribution in [-0.4, -0.2) is 6.43 Å². The quantitative estimate of drug-likeness (QED) is 0.579. The Labute approximate surface area is 82.1 Å². The summed E-state index contributed by atoms with van der Waals surface area (Å²) in [5, 5.41) is 0. The summed E-state index contributed by atoms with van der Waals surface area (Å²) in [6, 6.07) is 4.22. The second kappa shape index (κ2) is 4.48. The highest BCUT2D eigenvalue weighted by Gasteiger charge is 2.22. The third kappa shape index (κ3) is 2.08. The molecule has 0 aliphatic carbocycles. The Morgan fingerprint density at radius 3 is 2.43 bits per heavy atom. The zero-order valence-corrected chi connectivity index (χ0v) is 8.22. The van der Waals surface area contributed by atoms with E-state index in [9.17, 15) is 8.78 Å². The first-order chi connectivity index (χ1) is 6.57. The van der Waals surface area contributed by atoms with E-state index in [0.29, 0.717) is 5.56 Å². The predicted octanol–water partition coefficient (Wildman–Crippen LogP) is 2.07. The van der Waals surface area contributed by atoms with E-state index < -0.39 is 12.5 Å². The van der Waals surface area contributed by atoms with Gasteiger partial charge in [0.05, 0.1) is 0 Å². The average molecular weight is 200 g/mol. The lowest BCUT2D eigenvalue weighted by Crippen LogP contribution is -2.33. The Kier molecular flexibility index (Phi) is 3.55. The number of rotatable bonds is 3. The van der Waals surface area contributed by atoms with Gasteiger partial charge in [0.25, 0.3) is 6.43 Å². The van der Waals surface area contributed by atoms with Gasteiger partial charge in [0.2, 0.25) is 0 Å². The number of aryl methyl sites for hydroxylation is 1. The van der Waals surface area contributed by atoms with Crippen molar-refractivity contribution < 1.29 is 8.78 Å². The third-order valence-corrected chi connectivity index (χ3v) is 2.41. The molecule has 0 bridgehead atoms. The van der Waals surface area contributed by atoms with Crippen LogP contribution in [0.1, 0.15) is 22.7 Å². The number of hydrogen-bond acceptors (Lipinski definition) is 2. The van der Waals surface area contributed by atoms with Crippen molar-refractivity contribution in [2.75, 3.05) is 0 Å². The van der Waals surface area contributed by atoms with E-state index in [1.807, 2.05) is 19.9 Å². The van der Waals surface area contributed by atoms with E-state index in [4.69, 9.17) is 5.84 Å². The van der Waals surface area contributed by atoms with Crippen molar-refractivity contribution in [2.45, 2.75) is 26.3 Å². The fourth-order valence-electron chi connectivity index (χ4n) is 1.41. The fraction of sp³-hybridized carbons (Fsp3) is 0.400. The molecule has 1 rings (SSSR count). The third-order valence-electron chi connectivity index (χ3n) is 2.41. The molecule has 3 N–H and O–H groups in total. The molecule has 4 heteroatoms. The molecule has 0 saturated carbocycles. The minimum Gasteiger partial charge on any atom is -0.271 e. The molecule has 0 amide bonds. The summed E-state index contributed by atoms with van der Waals surface area (Å²) in [5.41, 5.74) is 4.54. The molecule has 0 radical (unpaired) electrons. The van der Waals surface area contributed by atoms with Crippen LogP contribution in [0.25, 0.3) is 0 Å². The van der Waals surface area contributed by atoms with Gasteiger partial charge in [0.15, 0.2) is 0 Å². The van der Waals surface area contributed by atoms with Crippen molar-refractivity contribution in [3.63, 3.8) is 0 Å². The number of benzene rings is 1. The van der Waals surface area contributed by atoms with Crippen molar-refractivity contribution in [3.05, 3.63) is 34.9 Å². The largest absolute Gasteiger partial charge is 0.271 e. The predicted molar refractivity (Wildman–Crippen MR) is 52.0 cm³/mol. The molecule has 1 atom stereocenters. The van der Waals surface area contributed by atoms with Crippen LogP contribution in [0.3, 0.4) is 0 Å². The smallest absolute Gasteiger partial charge is 0.259 e. The summed E-state index contributed by atoms with van der Waals surface area (Å²) in [7, 11) is 0. The molecule has 78 valence electrons. The second-order valence-corrected chi connectivity index (χ2v) is 3.27. The van der Waals surface area contributed by atoms with Crippen LogP contribution in [0.5, 0.6) is 0 Å². The minimum atomic E-state index is -2.50. The first-order valence-electron chi connectivity index (χ1n) is 4.38. The summed E-state index contributed by atoms with van der Waals surface area (Å²) in [5.74, 6) is 5.09. The van der Waals surface area contributed by atoms with Crippen LogP contribution in [-0.2, 0) is 0 Å². The van der Waals surface area contributed by atoms with Gasteiger partial charge in [-0.3, -0.25) is 5.84 Å². The number of halogens is 2. The molecule has 0 heterocycles. The van der Waals surface area contributed by atoms with E-state index in [-0.39, 0.29) is 0 Å². The molecule has 0 spiro atoms. The van der Waals surface area contributed by atoms with Crippen molar-refractivity contribution in [1.29, 1.82) is 0 Å². The molecular formula is C10H14F2N2. The summed E-state index contributed by atoms with van der Waals surface area (Å²) in [6.07, 6.45) is -2.50. The highest BCUT2D eigenvalue weighted by Crippen LogP contribution is 2.24. The fourth-order valence-corrected chi connectivity index (χ4v) is 1.41. The zero-order valence-electron chi connectivity index (χ0n) is 8.22. The molecule has 0 aromatic heterocycles. The van der Waals surface area contributed by atoms with Gasteiger partial charge in [-0.15, -0.1) is 0 Å². The Hall–Kier alpha value is -1.00. The lowest BCUT2D eigenvalue weighted by Gasteiger charge is -2.18. The molecule has 0 fully saturated rings. The van der Waals surface area contributed by atoms with Crippen LogP contribution >= 0.6 is 0 Å². The van der Waals surface area contributed by atoms with Crippen LogP contribution < -0.4 is 11.3 Å². The number of hydrazine groups is 1. The first kappa shape index (κ1) is 11.1. The van der Waals surface area contributed by atoms with Crippen LogP contribution in [0, 0.1) is 13.8 Å². The van der Waals surface area contributed by atoms with Gasteiger partial charge in [-0.1, -0.05) is 18.2 Å². The normalized spacial score (nSPS) is 13.3. The zero-order chi connectivity index (χ0) is 10.7. The topological polar surface area (TPSA) is 38.0 Å². The van der Waals surface area contributed by atoms with E-state index in [1.165, 1.54) is 0 Å². The van der Waals surface area contributed by atoms with Gasteiger partial charge in [-0.25, -0.2) is 14.2 Å². The molecule has 1 unspecified atom stereocenters. The Morgan fingerprint density at radius 2 is 1.93 bits per heavy atom. The second-order valence-electron chi connectivity index (χ2n) is 3.27. The lowest BCUT2D eigenvalue weighted by molar-refractivity contribution is 0.0983. The van der Waals surface area contributed by atoms with Gasteiger partial charge in [0.1, 0.15) is 6.04 Å². The Bertz CT molecular complexity index is 313. The van der Waals surface area contributed by atoms with E-state index in [2.05, 4.69) is 5.43 Å². The van der Waals surface area contributed by atoms with E-state index in [0.717, 1.165) is 11.1 Å². The standard InChI is InChI=1S/C10H14F2N2/c1-6-4-3-5-8(7(6)2)9(14-13)10(11)12/h3-5,9-10,14H,13H2,1-2H3. The van der Waals surface area contributed by atoms with Crippen molar-refractivity contribution in [3.8, 4) is 0 Å². The first-order valence-corrected chi connectivity index (χ1v) is 4.38. The number of hydrogen-bond donors (Lipinski definition) is 2. The maximum absolute atomic E-state index is 12.6. The minimum absolute atomic E-state index is 0.558. The van der Waals surface area contributed by atoms with Crippen molar-refractivity contribution >= 4 is 0 Å². The molecule has 1 aromatic carbocycles. The van der Waals surface area contributed by atoms with Crippen molar-refractivity contribution in [1.82, 2.24) is 5.43 Å². The van der Waals surface area contributed by atoms with Crippen LogP contribution in [0.15, 0.2) is 18.2 Å². The van der Waals surface area contributed by atoms with E-state index in [1.54, 1.807) is 12.1 Å². The molecular weight excluding hydrogens is 186 g/mol. The highest BCUT2D eigenvalue weighted by molar-refractivity contribution is 5.35. The summed E-state index contributed by atoms with van der Waals surface area (Å²) in [4.78, 5) is 0. The molecule has 1 aromatic rings. The Morgan fingerprint density at radius 1 is 1.29 bits per heavy atom. The maximum Gasteiger partial charge on any atom is 0.259 e. The summed E-state index contributed by atoms with van der Waals surface area (Å²) >= 11 is 0. The Balaban J connectivity index is 3.10. The van der Waals surface area contributed by atoms with Crippen molar-refractivity contribution in [2.24, 2.45) is 5.84 Å². The van der Waals surface area contributed by atoms with Gasteiger partial charge in [0, 0.05) is 0 Å². The van der Waals surface area contributed by atoms with Crippen LogP contribution in [0.4, 0.5) is 8.78 Å². The van der Waals surface area contributed by atoms with Gasteiger partial charge >= 0.3 is 0 Å². The molecule has 14 heavy (non-hydrogen) atoms. The maximum atomic E-state index is 12.6. The highest BCUT2D eigenvalue weighted by atomic mass is 19.3. The number of nitrogens with one attached hydrogen (secondary N) is 1. The SMILES string of the molecule is Cc1cccc(C(NN)C(F)F)c1C. The van der Waals surface area contributed by atoms with Gasteiger partial charge < -0.3 is 0 Å². The summed E-state index contributed by atoms with van der Waals surface area (Å²) < 4.78 is 25.1. The molecule has 0 saturated heterocycles. The van der Waals surface area contributed by atoms with E-state index >= 15 is 0 Å². The number of nitrogens with two attached hydrogens (primary N) is 1. The monoisotopic (exact) mass is 200 g/mol. The van der Waals surface area contributed by atoms with Gasteiger partial charge in [-0.05, 0) is 30.5 Å². The molecule has 0 aliphatic rings.